The third-order valence-electron chi connectivity index (χ3n) is 12.8. The summed E-state index contributed by atoms with van der Waals surface area (Å²) in [5.41, 5.74) is -6.11. The van der Waals surface area contributed by atoms with Crippen LogP contribution in [0.5, 0.6) is 0 Å². The normalized spacial score (nSPS) is 48.8. The molecule has 17 heteroatoms. The second-order valence-corrected chi connectivity index (χ2v) is 19.6. The van der Waals surface area contributed by atoms with E-state index in [-0.39, 0.29) is 31.6 Å². The maximum atomic E-state index is 14.2. The Morgan fingerprint density at radius 3 is 2.11 bits per heavy atom. The van der Waals surface area contributed by atoms with Gasteiger partial charge < -0.3 is 59.3 Å². The van der Waals surface area contributed by atoms with Crippen molar-refractivity contribution in [1.29, 1.82) is 0 Å². The van der Waals surface area contributed by atoms with Crippen molar-refractivity contribution in [3.8, 4) is 0 Å². The van der Waals surface area contributed by atoms with E-state index in [0.717, 1.165) is 10.6 Å². The molecule has 16 nitrogen and oxygen atoms in total. The molecule has 55 heavy (non-hydrogen) atoms. The molecule has 3 aliphatic heterocycles. The maximum Gasteiger partial charge on any atom is 0.311 e. The molecule has 0 aliphatic carbocycles. The van der Waals surface area contributed by atoms with Gasteiger partial charge in [-0.15, -0.1) is 0 Å². The first-order chi connectivity index (χ1) is 25.0. The van der Waals surface area contributed by atoms with Crippen LogP contribution in [0, 0.1) is 17.8 Å². The second kappa shape index (κ2) is 18.1. The Labute approximate surface area is 328 Å². The van der Waals surface area contributed by atoms with Gasteiger partial charge in [0.1, 0.15) is 35.1 Å². The fourth-order valence-corrected chi connectivity index (χ4v) is 9.30. The molecular formula is C38H72N2O14S. The van der Waals surface area contributed by atoms with Crippen LogP contribution < -0.4 is 5.32 Å². The van der Waals surface area contributed by atoms with E-state index in [1.165, 1.54) is 21.1 Å². The van der Waals surface area contributed by atoms with Crippen LogP contribution in [0.2, 0.25) is 0 Å². The number of cyclic esters (lactones) is 1. The number of carbonyl (C=O) groups is 1. The molecule has 0 aromatic rings. The van der Waals surface area contributed by atoms with Gasteiger partial charge in [-0.1, -0.05) is 20.8 Å². The Morgan fingerprint density at radius 2 is 1.56 bits per heavy atom. The zero-order valence-corrected chi connectivity index (χ0v) is 36.2. The van der Waals surface area contributed by atoms with Gasteiger partial charge in [-0.3, -0.25) is 4.79 Å². The SMILES string of the molecule is CC[C@H]1OC(=O)[C@H](C)[C@@H](O[C@H]2C[C@@](C)(OC)[C@@](C)(O)[C@H](C)O2)[C@H](C)[C@@H](O[C@@H]2O[C@H](C)C[C@H](N(C)S(C)(=O)=O)[C@H]2O)[C@](C)(O)C[C@@H](C)CN[C@H](C)[C@@H](O)[C@]1(C)O. The zero-order valence-electron chi connectivity index (χ0n) is 35.4. The summed E-state index contributed by atoms with van der Waals surface area (Å²) in [6, 6.07) is -1.55. The number of aliphatic hydroxyl groups is 5. The standard InChI is InChI=1S/C38H72N2O14S/c1-15-27-37(10,45)31(42)24(6)39-19-20(2)17-35(8,44)32(54-34-29(41)26(16-21(3)50-34)40(12)55(14,47)48)22(4)30(23(5)33(43)52-27)53-28-18-36(9,49-13)38(11,46)25(7)51-28/h20-32,34,39,41-42,44-46H,15-19H2,1-14H3/t20-,21-,22+,23-,24-,25+,26+,27-,28+,29-,30+,31-,32-,34+,35-,36-,37-,38+/m1/s1. The smallest absolute Gasteiger partial charge is 0.311 e. The number of hydrogen-bond donors (Lipinski definition) is 6. The van der Waals surface area contributed by atoms with Crippen LogP contribution in [0.25, 0.3) is 0 Å². The Balaban J connectivity index is 2.19. The van der Waals surface area contributed by atoms with Crippen molar-refractivity contribution in [2.24, 2.45) is 17.8 Å². The molecule has 3 rings (SSSR count). The number of rotatable bonds is 8. The molecule has 0 spiro atoms. The number of likely N-dealkylation sites (N-methyl/N-ethyl adjacent to an activating group) is 1. The minimum absolute atomic E-state index is 0.0499. The van der Waals surface area contributed by atoms with Gasteiger partial charge in [-0.25, -0.2) is 8.42 Å². The number of carbonyl (C=O) groups excluding carboxylic acids is 1. The van der Waals surface area contributed by atoms with E-state index < -0.39 is 118 Å². The van der Waals surface area contributed by atoms with Crippen LogP contribution >= 0.6 is 0 Å². The number of nitrogens with zero attached hydrogens (tertiary/aromatic N) is 1. The molecular weight excluding hydrogens is 740 g/mol. The van der Waals surface area contributed by atoms with Gasteiger partial charge in [0.2, 0.25) is 10.0 Å². The Kier molecular flexibility index (Phi) is 15.9. The summed E-state index contributed by atoms with van der Waals surface area (Å²) < 4.78 is 63.7. The molecule has 18 atom stereocenters. The minimum Gasteiger partial charge on any atom is -0.459 e. The van der Waals surface area contributed by atoms with Crippen molar-refractivity contribution in [3.05, 3.63) is 0 Å². The maximum absolute atomic E-state index is 14.2. The van der Waals surface area contributed by atoms with Gasteiger partial charge in [0.15, 0.2) is 12.6 Å². The monoisotopic (exact) mass is 812 g/mol. The van der Waals surface area contributed by atoms with Crippen molar-refractivity contribution in [1.82, 2.24) is 9.62 Å². The van der Waals surface area contributed by atoms with Gasteiger partial charge in [-0.05, 0) is 87.1 Å². The molecule has 3 aliphatic rings. The number of methoxy groups -OCH3 is 1. The highest BCUT2D eigenvalue weighted by atomic mass is 32.2. The zero-order chi connectivity index (χ0) is 42.2. The lowest BCUT2D eigenvalue weighted by molar-refractivity contribution is -0.334. The first-order valence-corrected chi connectivity index (χ1v) is 21.5. The molecule has 3 fully saturated rings. The van der Waals surface area contributed by atoms with Crippen molar-refractivity contribution < 1.29 is 67.2 Å². The lowest BCUT2D eigenvalue weighted by atomic mass is 9.76. The summed E-state index contributed by atoms with van der Waals surface area (Å²) in [6.45, 7) is 18.7. The molecule has 0 radical (unpaired) electrons. The predicted molar refractivity (Wildman–Crippen MR) is 203 cm³/mol. The fourth-order valence-electron chi connectivity index (χ4n) is 8.59. The summed E-state index contributed by atoms with van der Waals surface area (Å²) in [5, 5.41) is 61.6. The first-order valence-electron chi connectivity index (χ1n) is 19.6. The highest BCUT2D eigenvalue weighted by Gasteiger charge is 2.56. The molecule has 3 saturated heterocycles. The number of sulfonamides is 1. The Morgan fingerprint density at radius 1 is 0.964 bits per heavy atom. The fraction of sp³-hybridized carbons (Fsp3) is 0.974. The lowest BCUT2D eigenvalue weighted by Crippen LogP contribution is -2.65. The van der Waals surface area contributed by atoms with Crippen molar-refractivity contribution in [2.45, 2.75) is 192 Å². The summed E-state index contributed by atoms with van der Waals surface area (Å²) in [6.07, 6.45) is -8.47. The molecule has 3 heterocycles. The summed E-state index contributed by atoms with van der Waals surface area (Å²) >= 11 is 0. The number of hydrogen-bond acceptors (Lipinski definition) is 15. The van der Waals surface area contributed by atoms with E-state index in [2.05, 4.69) is 5.32 Å². The van der Waals surface area contributed by atoms with Crippen LogP contribution in [-0.4, -0.2) is 161 Å². The van der Waals surface area contributed by atoms with Gasteiger partial charge in [0, 0.05) is 32.5 Å². The van der Waals surface area contributed by atoms with E-state index in [1.807, 2.05) is 6.92 Å². The summed E-state index contributed by atoms with van der Waals surface area (Å²) in [5.74, 6) is -3.00. The molecule has 324 valence electrons. The third kappa shape index (κ3) is 10.6. The van der Waals surface area contributed by atoms with Gasteiger partial charge in [0.25, 0.3) is 0 Å². The van der Waals surface area contributed by atoms with E-state index in [9.17, 15) is 38.7 Å². The molecule has 0 bridgehead atoms. The molecule has 0 unspecified atom stereocenters. The molecule has 6 N–H and O–H groups in total. The average molecular weight is 813 g/mol. The Hall–Kier alpha value is -1.06. The second-order valence-electron chi connectivity index (χ2n) is 17.6. The topological polar surface area (TPSA) is 223 Å². The van der Waals surface area contributed by atoms with E-state index in [1.54, 1.807) is 62.3 Å². The summed E-state index contributed by atoms with van der Waals surface area (Å²) in [4.78, 5) is 14.2. The van der Waals surface area contributed by atoms with Gasteiger partial charge >= 0.3 is 5.97 Å². The molecule has 0 aromatic heterocycles. The Bertz CT molecular complexity index is 1380. The quantitative estimate of drug-likeness (QED) is 0.190. The highest BCUT2D eigenvalue weighted by molar-refractivity contribution is 7.88. The van der Waals surface area contributed by atoms with Crippen molar-refractivity contribution in [3.63, 3.8) is 0 Å². The van der Waals surface area contributed by atoms with Crippen LogP contribution in [0.4, 0.5) is 0 Å². The van der Waals surface area contributed by atoms with E-state index in [0.29, 0.717) is 6.54 Å². The van der Waals surface area contributed by atoms with Gasteiger partial charge in [-0.2, -0.15) is 4.31 Å². The highest BCUT2D eigenvalue weighted by Crippen LogP contribution is 2.43. The average Bonchev–Trinajstić information content (AvgIpc) is 3.08. The summed E-state index contributed by atoms with van der Waals surface area (Å²) in [7, 11) is -0.869. The first kappa shape index (κ1) is 48.3. The lowest BCUT2D eigenvalue weighted by Gasteiger charge is -2.52. The number of esters is 1. The van der Waals surface area contributed by atoms with Crippen molar-refractivity contribution in [2.75, 3.05) is 27.0 Å². The van der Waals surface area contributed by atoms with Crippen molar-refractivity contribution >= 4 is 16.0 Å². The van der Waals surface area contributed by atoms with Crippen LogP contribution in [0.15, 0.2) is 0 Å². The minimum atomic E-state index is -3.72. The van der Waals surface area contributed by atoms with Crippen LogP contribution in [0.3, 0.4) is 0 Å². The van der Waals surface area contributed by atoms with E-state index in [4.69, 9.17) is 28.4 Å². The van der Waals surface area contributed by atoms with Crippen LogP contribution in [0.1, 0.15) is 102 Å². The molecule has 0 aromatic carbocycles. The van der Waals surface area contributed by atoms with Crippen LogP contribution in [-0.2, 0) is 43.2 Å². The van der Waals surface area contributed by atoms with E-state index >= 15 is 0 Å². The number of ether oxygens (including phenoxy) is 6. The predicted octanol–water partition coefficient (Wildman–Crippen LogP) is 1.28. The molecule has 0 amide bonds. The number of aliphatic hydroxyl groups excluding tert-OH is 2. The molecule has 0 saturated carbocycles. The third-order valence-corrected chi connectivity index (χ3v) is 14.1. The van der Waals surface area contributed by atoms with Gasteiger partial charge in [0.05, 0.1) is 48.2 Å². The number of nitrogens with one attached hydrogen (secondary N) is 1. The largest absolute Gasteiger partial charge is 0.459 e.